The number of halogens is 2. The van der Waals surface area contributed by atoms with Gasteiger partial charge in [-0.05, 0) is 36.4 Å². The van der Waals surface area contributed by atoms with Gasteiger partial charge in [0.15, 0.2) is 0 Å². The summed E-state index contributed by atoms with van der Waals surface area (Å²) < 4.78 is 31.1. The van der Waals surface area contributed by atoms with Gasteiger partial charge in [0.05, 0.1) is 17.3 Å². The van der Waals surface area contributed by atoms with Gasteiger partial charge >= 0.3 is 0 Å². The van der Waals surface area contributed by atoms with Gasteiger partial charge in [0, 0.05) is 16.0 Å². The number of benzene rings is 3. The molecule has 29 heavy (non-hydrogen) atoms. The largest absolute Gasteiger partial charge is 0.489 e. The molecule has 0 aliphatic heterocycles. The van der Waals surface area contributed by atoms with Gasteiger partial charge in [-0.3, -0.25) is 4.79 Å². The summed E-state index contributed by atoms with van der Waals surface area (Å²) in [6, 6.07) is 22.1. The van der Waals surface area contributed by atoms with Gasteiger partial charge in [0.2, 0.25) is 0 Å². The first kappa shape index (κ1) is 20.4. The summed E-state index contributed by atoms with van der Waals surface area (Å²) in [5.74, 6) is -2.56. The fraction of sp³-hybridized carbons (Fsp3) is 0.0909. The predicted octanol–water partition coefficient (Wildman–Crippen LogP) is 5.70. The predicted molar refractivity (Wildman–Crippen MR) is 108 cm³/mol. The van der Waals surface area contributed by atoms with E-state index < -0.39 is 11.7 Å². The first-order valence-corrected chi connectivity index (χ1v) is 9.51. The number of ether oxygens (including phenoxy) is 1. The van der Waals surface area contributed by atoms with Crippen molar-refractivity contribution >= 4 is 23.4 Å². The lowest BCUT2D eigenvalue weighted by molar-refractivity contribution is 0.102. The number of carbonyl (C=O) groups is 1. The minimum atomic E-state index is -2.58. The second kappa shape index (κ2) is 9.71. The molecule has 0 unspecified atom stereocenters. The Morgan fingerprint density at radius 3 is 2.62 bits per heavy atom. The van der Waals surface area contributed by atoms with Crippen LogP contribution in [-0.2, 0) is 6.61 Å². The summed E-state index contributed by atoms with van der Waals surface area (Å²) in [4.78, 5) is 12.9. The molecule has 7 heteroatoms. The molecule has 3 rings (SSSR count). The number of carbonyl (C=O) groups excluding carboxylic acids is 1. The third kappa shape index (κ3) is 5.56. The van der Waals surface area contributed by atoms with Crippen LogP contribution < -0.4 is 10.1 Å². The highest BCUT2D eigenvalue weighted by Gasteiger charge is 2.13. The standard InChI is InChI=1S/C22H16F2N2O2S/c23-22(24)29-20-11-4-3-10-19(20)26-21(27)15-8-5-9-18(12-15)28-14-17-7-2-1-6-16(17)13-25/h1-12,22H,14H2,(H,26,27). The SMILES string of the molecule is N#Cc1ccccc1COc1cccc(C(=O)Nc2ccccc2SC(F)F)c1. The first-order chi connectivity index (χ1) is 14.1. The van der Waals surface area contributed by atoms with Gasteiger partial charge in [-0.2, -0.15) is 14.0 Å². The lowest BCUT2D eigenvalue weighted by Crippen LogP contribution is -2.12. The molecule has 0 saturated heterocycles. The van der Waals surface area contributed by atoms with Crippen LogP contribution in [0.15, 0.2) is 77.7 Å². The summed E-state index contributed by atoms with van der Waals surface area (Å²) in [6.07, 6.45) is 0. The van der Waals surface area contributed by atoms with E-state index in [1.54, 1.807) is 60.7 Å². The van der Waals surface area contributed by atoms with E-state index in [9.17, 15) is 13.6 Å². The summed E-state index contributed by atoms with van der Waals surface area (Å²) in [5.41, 5.74) is 1.90. The van der Waals surface area contributed by atoms with Crippen LogP contribution in [0.2, 0.25) is 0 Å². The maximum absolute atomic E-state index is 12.7. The molecule has 1 N–H and O–H groups in total. The quantitative estimate of drug-likeness (QED) is 0.507. The average Bonchev–Trinajstić information content (AvgIpc) is 2.73. The highest BCUT2D eigenvalue weighted by Crippen LogP contribution is 2.32. The second-order valence-corrected chi connectivity index (χ2v) is 6.95. The van der Waals surface area contributed by atoms with E-state index in [2.05, 4.69) is 11.4 Å². The molecular formula is C22H16F2N2O2S. The van der Waals surface area contributed by atoms with Crippen LogP contribution in [0, 0.1) is 11.3 Å². The highest BCUT2D eigenvalue weighted by atomic mass is 32.2. The fourth-order valence-electron chi connectivity index (χ4n) is 2.61. The molecule has 0 radical (unpaired) electrons. The summed E-state index contributed by atoms with van der Waals surface area (Å²) in [5, 5.41) is 11.8. The number of hydrogen-bond acceptors (Lipinski definition) is 4. The zero-order chi connectivity index (χ0) is 20.6. The number of anilines is 1. The minimum Gasteiger partial charge on any atom is -0.489 e. The normalized spacial score (nSPS) is 10.4. The third-order valence-corrected chi connectivity index (χ3v) is 4.77. The van der Waals surface area contributed by atoms with Crippen LogP contribution in [0.1, 0.15) is 21.5 Å². The highest BCUT2D eigenvalue weighted by molar-refractivity contribution is 7.99. The van der Waals surface area contributed by atoms with Gasteiger partial charge in [0.1, 0.15) is 12.4 Å². The van der Waals surface area contributed by atoms with Gasteiger partial charge in [-0.15, -0.1) is 0 Å². The molecule has 3 aromatic carbocycles. The van der Waals surface area contributed by atoms with Crippen LogP contribution in [0.3, 0.4) is 0 Å². The molecule has 0 aromatic heterocycles. The molecule has 1 amide bonds. The Labute approximate surface area is 171 Å². The Bertz CT molecular complexity index is 1050. The number of alkyl halides is 2. The number of thioether (sulfide) groups is 1. The van der Waals surface area contributed by atoms with E-state index in [4.69, 9.17) is 10.00 Å². The fourth-order valence-corrected chi connectivity index (χ4v) is 3.20. The molecule has 0 spiro atoms. The Morgan fingerprint density at radius 2 is 1.83 bits per heavy atom. The maximum atomic E-state index is 12.7. The van der Waals surface area contributed by atoms with Crippen molar-refractivity contribution in [3.05, 3.63) is 89.5 Å². The molecule has 0 atom stereocenters. The topological polar surface area (TPSA) is 62.1 Å². The minimum absolute atomic E-state index is 0.183. The average molecular weight is 410 g/mol. The Kier molecular flexibility index (Phi) is 6.82. The van der Waals surface area contributed by atoms with Crippen LogP contribution >= 0.6 is 11.8 Å². The summed E-state index contributed by atoms with van der Waals surface area (Å²) in [6.45, 7) is 0.183. The number of nitrogens with one attached hydrogen (secondary N) is 1. The number of rotatable bonds is 7. The van der Waals surface area contributed by atoms with Crippen molar-refractivity contribution in [2.75, 3.05) is 5.32 Å². The van der Waals surface area contributed by atoms with Crippen molar-refractivity contribution < 1.29 is 18.3 Å². The molecule has 0 heterocycles. The van der Waals surface area contributed by atoms with Crippen LogP contribution in [0.5, 0.6) is 5.75 Å². The number of amides is 1. The molecule has 0 aliphatic rings. The van der Waals surface area contributed by atoms with Crippen molar-refractivity contribution in [3.8, 4) is 11.8 Å². The van der Waals surface area contributed by atoms with Crippen LogP contribution in [0.4, 0.5) is 14.5 Å². The van der Waals surface area contributed by atoms with Crippen LogP contribution in [0.25, 0.3) is 0 Å². The zero-order valence-electron chi connectivity index (χ0n) is 15.1. The summed E-state index contributed by atoms with van der Waals surface area (Å²) in [7, 11) is 0. The molecular weight excluding hydrogens is 394 g/mol. The van der Waals surface area contributed by atoms with E-state index in [1.165, 1.54) is 6.07 Å². The van der Waals surface area contributed by atoms with Crippen LogP contribution in [-0.4, -0.2) is 11.7 Å². The monoisotopic (exact) mass is 410 g/mol. The number of hydrogen-bond donors (Lipinski definition) is 1. The Balaban J connectivity index is 1.71. The molecule has 0 aliphatic carbocycles. The van der Waals surface area contributed by atoms with Crippen molar-refractivity contribution in [1.82, 2.24) is 0 Å². The van der Waals surface area contributed by atoms with Gasteiger partial charge in [0.25, 0.3) is 11.7 Å². The molecule has 4 nitrogen and oxygen atoms in total. The number of para-hydroxylation sites is 1. The molecule has 0 bridgehead atoms. The molecule has 0 saturated carbocycles. The van der Waals surface area contributed by atoms with E-state index in [-0.39, 0.29) is 11.5 Å². The first-order valence-electron chi connectivity index (χ1n) is 8.63. The summed E-state index contributed by atoms with van der Waals surface area (Å²) >= 11 is 0.375. The zero-order valence-corrected chi connectivity index (χ0v) is 16.0. The lowest BCUT2D eigenvalue weighted by Gasteiger charge is -2.12. The lowest BCUT2D eigenvalue weighted by atomic mass is 10.1. The van der Waals surface area contributed by atoms with Gasteiger partial charge < -0.3 is 10.1 Å². The Hall–Kier alpha value is -3.37. The number of nitrogens with zero attached hydrogens (tertiary/aromatic N) is 1. The van der Waals surface area contributed by atoms with Crippen molar-refractivity contribution in [3.63, 3.8) is 0 Å². The molecule has 0 fully saturated rings. The molecule has 146 valence electrons. The van der Waals surface area contributed by atoms with E-state index in [1.807, 2.05) is 6.07 Å². The van der Waals surface area contributed by atoms with Gasteiger partial charge in [-0.25, -0.2) is 0 Å². The van der Waals surface area contributed by atoms with Gasteiger partial charge in [-0.1, -0.05) is 48.2 Å². The second-order valence-electron chi connectivity index (χ2n) is 5.91. The van der Waals surface area contributed by atoms with E-state index in [0.717, 1.165) is 5.56 Å². The smallest absolute Gasteiger partial charge is 0.288 e. The van der Waals surface area contributed by atoms with E-state index in [0.29, 0.717) is 34.3 Å². The maximum Gasteiger partial charge on any atom is 0.288 e. The van der Waals surface area contributed by atoms with Crippen molar-refractivity contribution in [2.24, 2.45) is 0 Å². The number of nitriles is 1. The molecule has 3 aromatic rings. The Morgan fingerprint density at radius 1 is 1.07 bits per heavy atom. The third-order valence-electron chi connectivity index (χ3n) is 3.98. The van der Waals surface area contributed by atoms with E-state index >= 15 is 0 Å². The van der Waals surface area contributed by atoms with Crippen molar-refractivity contribution in [1.29, 1.82) is 5.26 Å². The van der Waals surface area contributed by atoms with Crippen molar-refractivity contribution in [2.45, 2.75) is 17.3 Å².